The van der Waals surface area contributed by atoms with Crippen LogP contribution in [0.5, 0.6) is 0 Å². The number of anilines is 1. The number of hydrogen-bond acceptors (Lipinski definition) is 5. The summed E-state index contributed by atoms with van der Waals surface area (Å²) in [5, 5.41) is 16.5. The normalized spacial score (nSPS) is 10.3. The van der Waals surface area contributed by atoms with Crippen molar-refractivity contribution in [2.75, 3.05) is 18.4 Å². The minimum absolute atomic E-state index is 0.0261. The smallest absolute Gasteiger partial charge is 0.269 e. The molecule has 3 rings (SSSR count). The van der Waals surface area contributed by atoms with Crippen LogP contribution in [0.15, 0.2) is 78.9 Å². The third-order valence-corrected chi connectivity index (χ3v) is 4.75. The topological polar surface area (TPSA) is 101 Å². The predicted molar refractivity (Wildman–Crippen MR) is 120 cm³/mol. The van der Waals surface area contributed by atoms with Gasteiger partial charge in [0, 0.05) is 49.3 Å². The standard InChI is InChI=1S/C24H23N3O4/c28-23(20-8-6-19(7-9-20)18-4-2-1-3-5-18)14-15-24(29)26-17-16-25-21-10-12-22(13-11-21)27(30)31/h1-13,25H,14-17H2,(H,26,29). The molecule has 0 saturated carbocycles. The third-order valence-electron chi connectivity index (χ3n) is 4.75. The number of carbonyl (C=O) groups excluding carboxylic acids is 2. The molecule has 0 atom stereocenters. The number of nitrogens with one attached hydrogen (secondary N) is 2. The first-order valence-electron chi connectivity index (χ1n) is 9.96. The lowest BCUT2D eigenvalue weighted by molar-refractivity contribution is -0.384. The van der Waals surface area contributed by atoms with E-state index in [0.717, 1.165) is 16.8 Å². The lowest BCUT2D eigenvalue weighted by atomic mass is 10.0. The Morgan fingerprint density at radius 1 is 0.774 bits per heavy atom. The van der Waals surface area contributed by atoms with Crippen LogP contribution >= 0.6 is 0 Å². The first-order valence-corrected chi connectivity index (χ1v) is 9.96. The summed E-state index contributed by atoms with van der Waals surface area (Å²) in [6, 6.07) is 23.4. The maximum Gasteiger partial charge on any atom is 0.269 e. The number of Topliss-reactive ketones (excluding diaryl/α,β-unsaturated/α-hetero) is 1. The minimum Gasteiger partial charge on any atom is -0.383 e. The van der Waals surface area contributed by atoms with Gasteiger partial charge < -0.3 is 10.6 Å². The Balaban J connectivity index is 1.37. The van der Waals surface area contributed by atoms with Gasteiger partial charge in [-0.25, -0.2) is 0 Å². The van der Waals surface area contributed by atoms with E-state index in [1.165, 1.54) is 12.1 Å². The maximum atomic E-state index is 12.3. The molecule has 0 bridgehead atoms. The summed E-state index contributed by atoms with van der Waals surface area (Å²) < 4.78 is 0. The number of nitro groups is 1. The summed E-state index contributed by atoms with van der Waals surface area (Å²) in [6.45, 7) is 0.855. The zero-order valence-electron chi connectivity index (χ0n) is 16.9. The van der Waals surface area contributed by atoms with Crippen molar-refractivity contribution in [3.05, 3.63) is 94.5 Å². The van der Waals surface area contributed by atoms with Gasteiger partial charge in [-0.3, -0.25) is 19.7 Å². The second-order valence-corrected chi connectivity index (χ2v) is 6.95. The van der Waals surface area contributed by atoms with Crippen LogP contribution in [-0.4, -0.2) is 29.7 Å². The van der Waals surface area contributed by atoms with Crippen molar-refractivity contribution in [3.8, 4) is 11.1 Å². The molecule has 0 aliphatic carbocycles. The van der Waals surface area contributed by atoms with Gasteiger partial charge in [-0.1, -0.05) is 54.6 Å². The van der Waals surface area contributed by atoms with Crippen LogP contribution in [0.25, 0.3) is 11.1 Å². The van der Waals surface area contributed by atoms with Gasteiger partial charge in [0.15, 0.2) is 5.78 Å². The molecule has 0 aromatic heterocycles. The van der Waals surface area contributed by atoms with Gasteiger partial charge in [-0.2, -0.15) is 0 Å². The number of amides is 1. The first kappa shape index (κ1) is 21.7. The van der Waals surface area contributed by atoms with E-state index in [2.05, 4.69) is 10.6 Å². The Morgan fingerprint density at radius 2 is 1.42 bits per heavy atom. The van der Waals surface area contributed by atoms with Gasteiger partial charge in [0.2, 0.25) is 5.91 Å². The number of rotatable bonds is 10. The van der Waals surface area contributed by atoms with Crippen LogP contribution in [0.2, 0.25) is 0 Å². The van der Waals surface area contributed by atoms with Gasteiger partial charge in [-0.05, 0) is 23.3 Å². The molecule has 0 heterocycles. The number of non-ortho nitro benzene ring substituents is 1. The maximum absolute atomic E-state index is 12.3. The average Bonchev–Trinajstić information content (AvgIpc) is 2.81. The molecule has 31 heavy (non-hydrogen) atoms. The van der Waals surface area contributed by atoms with Crippen molar-refractivity contribution in [2.45, 2.75) is 12.8 Å². The predicted octanol–water partition coefficient (Wildman–Crippen LogP) is 4.45. The van der Waals surface area contributed by atoms with Crippen LogP contribution in [-0.2, 0) is 4.79 Å². The molecule has 3 aromatic carbocycles. The molecule has 0 saturated heterocycles. The minimum atomic E-state index is -0.455. The van der Waals surface area contributed by atoms with Gasteiger partial charge >= 0.3 is 0 Å². The fraction of sp³-hybridized carbons (Fsp3) is 0.167. The molecular weight excluding hydrogens is 394 g/mol. The summed E-state index contributed by atoms with van der Waals surface area (Å²) in [5.74, 6) is -0.265. The highest BCUT2D eigenvalue weighted by atomic mass is 16.6. The van der Waals surface area contributed by atoms with Crippen molar-refractivity contribution in [2.24, 2.45) is 0 Å². The van der Waals surface area contributed by atoms with E-state index >= 15 is 0 Å². The molecule has 1 amide bonds. The quantitative estimate of drug-likeness (QED) is 0.220. The van der Waals surface area contributed by atoms with Crippen LogP contribution in [0.1, 0.15) is 23.2 Å². The van der Waals surface area contributed by atoms with Crippen molar-refractivity contribution >= 4 is 23.1 Å². The molecule has 0 spiro atoms. The molecule has 0 aliphatic heterocycles. The summed E-state index contributed by atoms with van der Waals surface area (Å²) in [5.41, 5.74) is 3.47. The number of benzene rings is 3. The summed E-state index contributed by atoms with van der Waals surface area (Å²) in [7, 11) is 0. The van der Waals surface area contributed by atoms with Crippen LogP contribution in [0, 0.1) is 10.1 Å². The number of carbonyl (C=O) groups is 2. The Labute approximate surface area is 180 Å². The molecular formula is C24H23N3O4. The Kier molecular flexibility index (Phi) is 7.48. The number of ketones is 1. The lowest BCUT2D eigenvalue weighted by Gasteiger charge is -2.08. The molecule has 2 N–H and O–H groups in total. The first-order chi connectivity index (χ1) is 15.0. The van der Waals surface area contributed by atoms with E-state index in [0.29, 0.717) is 18.7 Å². The third kappa shape index (κ3) is 6.50. The van der Waals surface area contributed by atoms with E-state index in [-0.39, 0.29) is 30.2 Å². The van der Waals surface area contributed by atoms with E-state index in [9.17, 15) is 19.7 Å². The van der Waals surface area contributed by atoms with Gasteiger partial charge in [0.05, 0.1) is 4.92 Å². The van der Waals surface area contributed by atoms with Crippen LogP contribution in [0.3, 0.4) is 0 Å². The molecule has 3 aromatic rings. The highest BCUT2D eigenvalue weighted by Gasteiger charge is 2.10. The summed E-state index contributed by atoms with van der Waals surface area (Å²) in [4.78, 5) is 34.5. The van der Waals surface area contributed by atoms with E-state index in [1.54, 1.807) is 24.3 Å². The zero-order valence-corrected chi connectivity index (χ0v) is 16.9. The fourth-order valence-corrected chi connectivity index (χ4v) is 3.05. The molecule has 7 nitrogen and oxygen atoms in total. The van der Waals surface area contributed by atoms with Crippen molar-refractivity contribution in [3.63, 3.8) is 0 Å². The van der Waals surface area contributed by atoms with E-state index < -0.39 is 4.92 Å². The lowest BCUT2D eigenvalue weighted by Crippen LogP contribution is -2.29. The molecule has 0 unspecified atom stereocenters. The van der Waals surface area contributed by atoms with Gasteiger partial charge in [-0.15, -0.1) is 0 Å². The molecule has 158 valence electrons. The second-order valence-electron chi connectivity index (χ2n) is 6.95. The largest absolute Gasteiger partial charge is 0.383 e. The van der Waals surface area contributed by atoms with E-state index in [1.807, 2.05) is 42.5 Å². The summed E-state index contributed by atoms with van der Waals surface area (Å²) >= 11 is 0. The molecule has 0 aliphatic rings. The zero-order chi connectivity index (χ0) is 22.1. The Bertz CT molecular complexity index is 1030. The Hall–Kier alpha value is -4.00. The average molecular weight is 417 g/mol. The van der Waals surface area contributed by atoms with Crippen molar-refractivity contribution in [1.82, 2.24) is 5.32 Å². The van der Waals surface area contributed by atoms with Gasteiger partial charge in [0.1, 0.15) is 0 Å². The number of nitrogens with zero attached hydrogens (tertiary/aromatic N) is 1. The molecule has 0 radical (unpaired) electrons. The monoisotopic (exact) mass is 417 g/mol. The van der Waals surface area contributed by atoms with Crippen molar-refractivity contribution in [1.29, 1.82) is 0 Å². The highest BCUT2D eigenvalue weighted by molar-refractivity contribution is 5.98. The van der Waals surface area contributed by atoms with Crippen LogP contribution < -0.4 is 10.6 Å². The number of hydrogen-bond donors (Lipinski definition) is 2. The molecule has 7 heteroatoms. The van der Waals surface area contributed by atoms with Crippen molar-refractivity contribution < 1.29 is 14.5 Å². The SMILES string of the molecule is O=C(CCC(=O)c1ccc(-c2ccccc2)cc1)NCCNc1ccc([N+](=O)[O-])cc1. The Morgan fingerprint density at radius 3 is 2.06 bits per heavy atom. The fourth-order valence-electron chi connectivity index (χ4n) is 3.05. The van der Waals surface area contributed by atoms with Crippen LogP contribution in [0.4, 0.5) is 11.4 Å². The molecule has 0 fully saturated rings. The van der Waals surface area contributed by atoms with E-state index in [4.69, 9.17) is 0 Å². The highest BCUT2D eigenvalue weighted by Crippen LogP contribution is 2.20. The summed E-state index contributed by atoms with van der Waals surface area (Å²) in [6.07, 6.45) is 0.267. The second kappa shape index (κ2) is 10.7. The van der Waals surface area contributed by atoms with Gasteiger partial charge in [0.25, 0.3) is 5.69 Å². The number of nitro benzene ring substituents is 1.